The number of rotatable bonds is 5. The van der Waals surface area contributed by atoms with Gasteiger partial charge in [-0.25, -0.2) is 13.8 Å². The third-order valence-corrected chi connectivity index (χ3v) is 5.72. The first-order chi connectivity index (χ1) is 14.9. The van der Waals surface area contributed by atoms with Crippen molar-refractivity contribution in [3.63, 3.8) is 0 Å². The number of H-pyrrole nitrogens is 1. The molecule has 2 aromatic carbocycles. The summed E-state index contributed by atoms with van der Waals surface area (Å²) < 4.78 is 33.2. The first-order valence-electron chi connectivity index (χ1n) is 9.99. The third-order valence-electron chi connectivity index (χ3n) is 5.72. The minimum atomic E-state index is -2.88. The first kappa shape index (κ1) is 20.9. The van der Waals surface area contributed by atoms with Crippen LogP contribution in [0.4, 0.5) is 8.78 Å². The molecule has 3 N–H and O–H groups in total. The largest absolute Gasteiger partial charge is 0.481 e. The van der Waals surface area contributed by atoms with Crippen LogP contribution in [0.5, 0.6) is 5.88 Å². The molecule has 4 rings (SSSR count). The maximum Gasteiger partial charge on any atom is 0.282 e. The van der Waals surface area contributed by atoms with Crippen molar-refractivity contribution in [2.75, 3.05) is 13.7 Å². The molecule has 0 spiro atoms. The monoisotopic (exact) mass is 423 g/mol. The van der Waals surface area contributed by atoms with Gasteiger partial charge in [-0.2, -0.15) is 0 Å². The van der Waals surface area contributed by atoms with Crippen LogP contribution in [0.2, 0.25) is 0 Å². The number of benzene rings is 2. The quantitative estimate of drug-likeness (QED) is 0.440. The fraction of sp³-hybridized carbons (Fsp3) is 0.250. The van der Waals surface area contributed by atoms with Crippen molar-refractivity contribution in [2.24, 2.45) is 5.73 Å². The number of pyridine rings is 2. The smallest absolute Gasteiger partial charge is 0.282 e. The van der Waals surface area contributed by atoms with Crippen LogP contribution < -0.4 is 16.0 Å². The Morgan fingerprint density at radius 2 is 1.84 bits per heavy atom. The van der Waals surface area contributed by atoms with Crippen LogP contribution in [-0.4, -0.2) is 23.6 Å². The van der Waals surface area contributed by atoms with Crippen LogP contribution in [0.25, 0.3) is 32.8 Å². The second-order valence-corrected chi connectivity index (χ2v) is 7.64. The molecule has 0 amide bonds. The highest BCUT2D eigenvalue weighted by atomic mass is 19.3. The lowest BCUT2D eigenvalue weighted by atomic mass is 9.93. The molecule has 1 unspecified atom stereocenters. The zero-order valence-corrected chi connectivity index (χ0v) is 17.5. The molecule has 5 nitrogen and oxygen atoms in total. The molecule has 2 heterocycles. The number of aromatic nitrogens is 2. The zero-order valence-electron chi connectivity index (χ0n) is 17.5. The van der Waals surface area contributed by atoms with E-state index in [4.69, 9.17) is 10.5 Å². The Morgan fingerprint density at radius 3 is 2.45 bits per heavy atom. The number of aromatic amines is 1. The maximum absolute atomic E-state index is 13.9. The first-order valence-corrected chi connectivity index (χ1v) is 9.99. The molecular formula is C24H23F2N3O2. The van der Waals surface area contributed by atoms with Crippen molar-refractivity contribution in [1.82, 2.24) is 9.97 Å². The van der Waals surface area contributed by atoms with Crippen LogP contribution in [0.3, 0.4) is 0 Å². The standard InChI is InChI=1S/C24H23F2N3O2/c1-12-5-4-6-16-17(12)23(30)28-20-19(16)18(24(31-3)29-21(20)22(25)26)15-9-7-14(8-10-15)13(2)11-27/h4-10,13,22H,11,27H2,1-3H3,(H,28,30). The lowest BCUT2D eigenvalue weighted by Crippen LogP contribution is -2.11. The lowest BCUT2D eigenvalue weighted by Gasteiger charge is -2.17. The average Bonchev–Trinajstić information content (AvgIpc) is 2.77. The van der Waals surface area contributed by atoms with Gasteiger partial charge in [0.1, 0.15) is 5.69 Å². The number of methoxy groups -OCH3 is 1. The van der Waals surface area contributed by atoms with Crippen LogP contribution in [0.1, 0.15) is 36.1 Å². The van der Waals surface area contributed by atoms with Gasteiger partial charge in [0.05, 0.1) is 23.6 Å². The van der Waals surface area contributed by atoms with Gasteiger partial charge in [-0.05, 0) is 41.5 Å². The summed E-state index contributed by atoms with van der Waals surface area (Å²) in [7, 11) is 1.40. The number of hydrogen-bond donors (Lipinski definition) is 2. The van der Waals surface area contributed by atoms with Gasteiger partial charge in [-0.3, -0.25) is 4.79 Å². The number of alkyl halides is 2. The Morgan fingerprint density at radius 1 is 1.13 bits per heavy atom. The van der Waals surface area contributed by atoms with Crippen molar-refractivity contribution in [3.8, 4) is 17.0 Å². The Hall–Kier alpha value is -3.32. The second kappa shape index (κ2) is 8.07. The van der Waals surface area contributed by atoms with Crippen LogP contribution in [0.15, 0.2) is 47.3 Å². The molecular weight excluding hydrogens is 400 g/mol. The van der Waals surface area contributed by atoms with E-state index in [0.717, 1.165) is 16.7 Å². The molecule has 0 aliphatic heterocycles. The predicted molar refractivity (Wildman–Crippen MR) is 119 cm³/mol. The van der Waals surface area contributed by atoms with Gasteiger partial charge in [0.25, 0.3) is 12.0 Å². The van der Waals surface area contributed by atoms with Gasteiger partial charge in [0.2, 0.25) is 5.88 Å². The molecule has 0 aliphatic carbocycles. The van der Waals surface area contributed by atoms with Crippen molar-refractivity contribution in [1.29, 1.82) is 0 Å². The number of nitrogens with two attached hydrogens (primary N) is 1. The maximum atomic E-state index is 13.9. The number of nitrogens with zero attached hydrogens (tertiary/aromatic N) is 1. The third kappa shape index (κ3) is 3.45. The van der Waals surface area contributed by atoms with E-state index >= 15 is 0 Å². The highest BCUT2D eigenvalue weighted by Crippen LogP contribution is 2.41. The SMILES string of the molecule is COc1nc(C(F)F)c2[nH]c(=O)c3c(C)cccc3c2c1-c1ccc(C(C)CN)cc1. The summed E-state index contributed by atoms with van der Waals surface area (Å²) in [6, 6.07) is 13.1. The predicted octanol–water partition coefficient (Wildman–Crippen LogP) is 5.06. The molecule has 0 radical (unpaired) electrons. The molecule has 0 bridgehead atoms. The summed E-state index contributed by atoms with van der Waals surface area (Å²) in [4.78, 5) is 19.5. The Bertz CT molecular complexity index is 1330. The van der Waals surface area contributed by atoms with E-state index < -0.39 is 17.7 Å². The molecule has 31 heavy (non-hydrogen) atoms. The number of ether oxygens (including phenoxy) is 1. The lowest BCUT2D eigenvalue weighted by molar-refractivity contribution is 0.146. The molecule has 4 aromatic rings. The van der Waals surface area contributed by atoms with Gasteiger partial charge in [-0.15, -0.1) is 0 Å². The van der Waals surface area contributed by atoms with E-state index in [9.17, 15) is 13.6 Å². The van der Waals surface area contributed by atoms with Crippen LogP contribution in [-0.2, 0) is 0 Å². The fourth-order valence-electron chi connectivity index (χ4n) is 4.02. The van der Waals surface area contributed by atoms with Gasteiger partial charge < -0.3 is 15.5 Å². The van der Waals surface area contributed by atoms with Gasteiger partial charge in [-0.1, -0.05) is 49.4 Å². The highest BCUT2D eigenvalue weighted by Gasteiger charge is 2.24. The minimum absolute atomic E-state index is 0.0216. The summed E-state index contributed by atoms with van der Waals surface area (Å²) in [5.41, 5.74) is 7.99. The summed E-state index contributed by atoms with van der Waals surface area (Å²) >= 11 is 0. The number of fused-ring (bicyclic) bond motifs is 3. The van der Waals surface area contributed by atoms with E-state index in [-0.39, 0.29) is 17.3 Å². The number of hydrogen-bond acceptors (Lipinski definition) is 4. The number of halogens is 2. The topological polar surface area (TPSA) is 81.0 Å². The molecule has 0 saturated carbocycles. The Labute approximate surface area is 177 Å². The van der Waals surface area contributed by atoms with Gasteiger partial charge in [0.15, 0.2) is 0 Å². The fourth-order valence-corrected chi connectivity index (χ4v) is 4.02. The Kier molecular flexibility index (Phi) is 5.45. The van der Waals surface area contributed by atoms with E-state index in [2.05, 4.69) is 9.97 Å². The van der Waals surface area contributed by atoms with Crippen LogP contribution in [0, 0.1) is 6.92 Å². The van der Waals surface area contributed by atoms with E-state index in [1.165, 1.54) is 7.11 Å². The number of nitrogens with one attached hydrogen (secondary N) is 1. The average molecular weight is 423 g/mol. The highest BCUT2D eigenvalue weighted by molar-refractivity contribution is 6.14. The number of aryl methyl sites for hydroxylation is 1. The molecule has 7 heteroatoms. The van der Waals surface area contributed by atoms with E-state index in [1.54, 1.807) is 12.1 Å². The summed E-state index contributed by atoms with van der Waals surface area (Å²) in [6.45, 7) is 4.37. The zero-order chi connectivity index (χ0) is 22.3. The van der Waals surface area contributed by atoms with E-state index in [0.29, 0.717) is 28.3 Å². The summed E-state index contributed by atoms with van der Waals surface area (Å²) in [5, 5.41) is 1.52. The van der Waals surface area contributed by atoms with Crippen LogP contribution >= 0.6 is 0 Å². The second-order valence-electron chi connectivity index (χ2n) is 7.64. The molecule has 2 aromatic heterocycles. The van der Waals surface area contributed by atoms with Crippen molar-refractivity contribution < 1.29 is 13.5 Å². The van der Waals surface area contributed by atoms with Gasteiger partial charge >= 0.3 is 0 Å². The van der Waals surface area contributed by atoms with Gasteiger partial charge in [0, 0.05) is 5.39 Å². The summed E-state index contributed by atoms with van der Waals surface area (Å²) in [6.07, 6.45) is -2.88. The molecule has 0 aliphatic rings. The minimum Gasteiger partial charge on any atom is -0.481 e. The Balaban J connectivity index is 2.17. The van der Waals surface area contributed by atoms with Crippen molar-refractivity contribution in [3.05, 3.63) is 69.6 Å². The van der Waals surface area contributed by atoms with Crippen molar-refractivity contribution in [2.45, 2.75) is 26.2 Å². The van der Waals surface area contributed by atoms with E-state index in [1.807, 2.05) is 44.2 Å². The molecule has 160 valence electrons. The normalized spacial score (nSPS) is 12.6. The van der Waals surface area contributed by atoms with Crippen molar-refractivity contribution >= 4 is 21.7 Å². The summed E-state index contributed by atoms with van der Waals surface area (Å²) in [5.74, 6) is 0.268. The molecule has 0 fully saturated rings. The molecule has 1 atom stereocenters. The molecule has 0 saturated heterocycles.